The Morgan fingerprint density at radius 3 is 2.46 bits per heavy atom. The summed E-state index contributed by atoms with van der Waals surface area (Å²) in [7, 11) is 3.18. The molecule has 1 heterocycles. The Balaban J connectivity index is 1.60. The summed E-state index contributed by atoms with van der Waals surface area (Å²) in [6.45, 7) is 2.31. The summed E-state index contributed by atoms with van der Waals surface area (Å²) >= 11 is 0. The molecular formula is C27H33N3O9. The van der Waals surface area contributed by atoms with Gasteiger partial charge < -0.3 is 35.8 Å². The monoisotopic (exact) mass is 543 g/mol. The second-order valence-electron chi connectivity index (χ2n) is 11.1. The second kappa shape index (κ2) is 9.79. The fourth-order valence-corrected chi connectivity index (χ4v) is 6.91. The van der Waals surface area contributed by atoms with Crippen LogP contribution < -0.4 is 5.73 Å². The third-order valence-electron chi connectivity index (χ3n) is 8.74. The number of primary amides is 1. The zero-order valence-electron chi connectivity index (χ0n) is 21.8. The molecule has 210 valence electrons. The second-order valence-corrected chi connectivity index (χ2v) is 11.1. The fraction of sp³-hybridized carbons (Fsp3) is 0.556. The zero-order chi connectivity index (χ0) is 28.4. The number of aliphatic hydroxyl groups excluding tert-OH is 2. The number of nitrogens with two attached hydrogens (primary N) is 1. The molecule has 6 atom stereocenters. The third-order valence-corrected chi connectivity index (χ3v) is 8.74. The number of benzene rings is 1. The number of carbonyl (C=O) groups is 4. The third kappa shape index (κ3) is 4.09. The van der Waals surface area contributed by atoms with Crippen LogP contribution in [0, 0.1) is 17.8 Å². The average Bonchev–Trinajstić information content (AvgIpc) is 2.86. The number of aromatic hydroxyl groups is 1. The van der Waals surface area contributed by atoms with Crippen molar-refractivity contribution in [2.45, 2.75) is 30.6 Å². The molecule has 5 rings (SSSR count). The van der Waals surface area contributed by atoms with E-state index < -0.39 is 58.7 Å². The minimum absolute atomic E-state index is 0.00898. The number of phenols is 1. The molecule has 0 spiro atoms. The molecule has 12 nitrogen and oxygen atoms in total. The molecule has 0 radical (unpaired) electrons. The molecule has 0 aromatic heterocycles. The van der Waals surface area contributed by atoms with Gasteiger partial charge in [-0.25, -0.2) is 0 Å². The fourth-order valence-electron chi connectivity index (χ4n) is 6.91. The molecule has 3 aliphatic carbocycles. The molecule has 1 amide bonds. The summed E-state index contributed by atoms with van der Waals surface area (Å²) in [4.78, 5) is 56.2. The number of likely N-dealkylation sites (N-methyl/N-ethyl adjacent to an activating group) is 1. The number of hydrogen-bond donors (Lipinski definition) is 5. The van der Waals surface area contributed by atoms with Crippen LogP contribution >= 0.6 is 0 Å². The SMILES string of the molecule is CN(C)[C@@H]1C(O)C(C(N)=O)C(=O)[C@@]2(O)C(=O)C3=C(O)c4c(O)ccc(C(=O)CN5CCOCC5)c4C[C@H]3C[C@@H]12. The Kier molecular flexibility index (Phi) is 6.88. The van der Waals surface area contributed by atoms with Crippen LogP contribution in [0.4, 0.5) is 0 Å². The lowest BCUT2D eigenvalue weighted by Crippen LogP contribution is -2.73. The number of carbonyl (C=O) groups excluding carboxylic acids is 4. The predicted molar refractivity (Wildman–Crippen MR) is 136 cm³/mol. The van der Waals surface area contributed by atoms with Crippen LogP contribution in [0.3, 0.4) is 0 Å². The molecule has 1 aromatic carbocycles. The van der Waals surface area contributed by atoms with Crippen molar-refractivity contribution in [3.8, 4) is 5.75 Å². The van der Waals surface area contributed by atoms with Gasteiger partial charge in [-0.05, 0) is 50.6 Å². The van der Waals surface area contributed by atoms with Crippen LogP contribution in [-0.4, -0.2) is 118 Å². The highest BCUT2D eigenvalue weighted by Crippen LogP contribution is 2.52. The summed E-state index contributed by atoms with van der Waals surface area (Å²) in [6, 6.07) is 1.77. The number of nitrogens with zero attached hydrogens (tertiary/aromatic N) is 2. The maximum absolute atomic E-state index is 13.9. The number of ketones is 3. The van der Waals surface area contributed by atoms with Gasteiger partial charge in [-0.15, -0.1) is 0 Å². The first kappa shape index (κ1) is 27.4. The summed E-state index contributed by atoms with van der Waals surface area (Å²) in [5, 5.41) is 44.6. The van der Waals surface area contributed by atoms with Crippen molar-refractivity contribution in [3.63, 3.8) is 0 Å². The first-order valence-electron chi connectivity index (χ1n) is 13.0. The summed E-state index contributed by atoms with van der Waals surface area (Å²) in [6.07, 6.45) is -1.49. The highest BCUT2D eigenvalue weighted by atomic mass is 16.5. The minimum atomic E-state index is -2.72. The molecule has 6 N–H and O–H groups in total. The van der Waals surface area contributed by atoms with E-state index in [0.29, 0.717) is 37.4 Å². The largest absolute Gasteiger partial charge is 0.507 e. The molecule has 3 fully saturated rings. The molecule has 39 heavy (non-hydrogen) atoms. The first-order valence-corrected chi connectivity index (χ1v) is 13.0. The molecule has 2 saturated carbocycles. The molecule has 4 aliphatic rings. The van der Waals surface area contributed by atoms with E-state index in [1.807, 2.05) is 4.90 Å². The zero-order valence-corrected chi connectivity index (χ0v) is 21.8. The van der Waals surface area contributed by atoms with Crippen molar-refractivity contribution >= 4 is 29.0 Å². The lowest BCUT2D eigenvalue weighted by molar-refractivity contribution is -0.184. The van der Waals surface area contributed by atoms with Crippen LogP contribution in [-0.2, 0) is 25.5 Å². The maximum Gasteiger partial charge on any atom is 0.230 e. The number of aliphatic hydroxyl groups is 3. The molecule has 1 aromatic rings. The molecule has 12 heteroatoms. The summed E-state index contributed by atoms with van der Waals surface area (Å²) < 4.78 is 5.34. The highest BCUT2D eigenvalue weighted by Gasteiger charge is 2.67. The summed E-state index contributed by atoms with van der Waals surface area (Å²) in [5.74, 6) is -8.33. The molecular weight excluding hydrogens is 510 g/mol. The van der Waals surface area contributed by atoms with E-state index in [9.17, 15) is 39.6 Å². The van der Waals surface area contributed by atoms with Gasteiger partial charge in [0.1, 0.15) is 17.4 Å². The Morgan fingerprint density at radius 2 is 1.85 bits per heavy atom. The van der Waals surface area contributed by atoms with Crippen molar-refractivity contribution in [2.75, 3.05) is 46.9 Å². The van der Waals surface area contributed by atoms with Crippen LogP contribution in [0.25, 0.3) is 5.76 Å². The molecule has 1 aliphatic heterocycles. The number of Topliss-reactive ketones (excluding diaryl/α,β-unsaturated/α-hetero) is 3. The van der Waals surface area contributed by atoms with Gasteiger partial charge in [-0.3, -0.25) is 24.1 Å². The van der Waals surface area contributed by atoms with Crippen LogP contribution in [0.15, 0.2) is 17.7 Å². The highest BCUT2D eigenvalue weighted by molar-refractivity contribution is 6.25. The average molecular weight is 544 g/mol. The Hall–Kier alpha value is -3.16. The number of ether oxygens (including phenoxy) is 1. The van der Waals surface area contributed by atoms with Crippen molar-refractivity contribution in [1.82, 2.24) is 9.80 Å². The first-order chi connectivity index (χ1) is 18.4. The van der Waals surface area contributed by atoms with Crippen molar-refractivity contribution < 1.29 is 44.3 Å². The molecule has 2 unspecified atom stereocenters. The smallest absolute Gasteiger partial charge is 0.230 e. The number of fused-ring (bicyclic) bond motifs is 3. The van der Waals surface area contributed by atoms with E-state index >= 15 is 0 Å². The Morgan fingerprint density at radius 1 is 1.18 bits per heavy atom. The standard InChI is InChI=1S/C27H33N3O9/c1-29(2)21-15-10-12-9-14-13(17(32)11-30-5-7-39-8-6-30)3-4-16(31)19(14)22(33)18(12)24(35)27(15,38)25(36)20(23(21)34)26(28)37/h3-4,12,15,20-21,23,31,33-34,38H,5-11H2,1-2H3,(H2,28,37)/t12-,15-,20?,21-,23?,27-/m0/s1. The quantitative estimate of drug-likeness (QED) is 0.218. The van der Waals surface area contributed by atoms with Gasteiger partial charge in [-0.1, -0.05) is 0 Å². The van der Waals surface area contributed by atoms with Gasteiger partial charge in [0, 0.05) is 36.2 Å². The lowest BCUT2D eigenvalue weighted by atomic mass is 9.54. The number of hydrogen-bond acceptors (Lipinski definition) is 11. The van der Waals surface area contributed by atoms with E-state index in [-0.39, 0.29) is 42.1 Å². The number of phenolic OH excluding ortho intramolecular Hbond substituents is 1. The normalized spacial score (nSPS) is 33.0. The number of rotatable bonds is 5. The number of amides is 1. The molecule has 0 bridgehead atoms. The summed E-state index contributed by atoms with van der Waals surface area (Å²) in [5.41, 5.74) is 3.00. The van der Waals surface area contributed by atoms with E-state index in [1.54, 1.807) is 14.1 Å². The van der Waals surface area contributed by atoms with Gasteiger partial charge >= 0.3 is 0 Å². The van der Waals surface area contributed by atoms with Crippen molar-refractivity contribution in [3.05, 3.63) is 34.4 Å². The van der Waals surface area contributed by atoms with Crippen molar-refractivity contribution in [1.29, 1.82) is 0 Å². The van der Waals surface area contributed by atoms with Crippen LogP contribution in [0.5, 0.6) is 5.75 Å². The van der Waals surface area contributed by atoms with E-state index in [4.69, 9.17) is 10.5 Å². The maximum atomic E-state index is 13.9. The predicted octanol–water partition coefficient (Wildman–Crippen LogP) is -1.36. The van der Waals surface area contributed by atoms with Gasteiger partial charge in [0.05, 0.1) is 31.4 Å². The van der Waals surface area contributed by atoms with Crippen LogP contribution in [0.1, 0.15) is 27.9 Å². The van der Waals surface area contributed by atoms with Gasteiger partial charge in [0.2, 0.25) is 11.7 Å². The Labute approximate surface area is 224 Å². The van der Waals surface area contributed by atoms with Gasteiger partial charge in [-0.2, -0.15) is 0 Å². The number of morpholine rings is 1. The van der Waals surface area contributed by atoms with E-state index in [2.05, 4.69) is 0 Å². The Bertz CT molecular complexity index is 1290. The van der Waals surface area contributed by atoms with Gasteiger partial charge in [0.15, 0.2) is 17.2 Å². The topological polar surface area (TPSA) is 191 Å². The van der Waals surface area contributed by atoms with E-state index in [0.717, 1.165) is 0 Å². The molecule has 1 saturated heterocycles. The van der Waals surface area contributed by atoms with Gasteiger partial charge in [0.25, 0.3) is 0 Å². The van der Waals surface area contributed by atoms with Crippen molar-refractivity contribution in [2.24, 2.45) is 23.5 Å². The van der Waals surface area contributed by atoms with E-state index in [1.165, 1.54) is 17.0 Å². The lowest BCUT2D eigenvalue weighted by Gasteiger charge is -2.53. The van der Waals surface area contributed by atoms with Crippen LogP contribution in [0.2, 0.25) is 0 Å². The minimum Gasteiger partial charge on any atom is -0.507 e.